The number of rotatable bonds is 9. The molecule has 2 aromatic carbocycles. The van der Waals surface area contributed by atoms with E-state index in [1.807, 2.05) is 33.9 Å². The first kappa shape index (κ1) is 24.6. The third-order valence-corrected chi connectivity index (χ3v) is 6.72. The average molecular weight is 492 g/mol. The van der Waals surface area contributed by atoms with E-state index in [4.69, 9.17) is 10.2 Å². The van der Waals surface area contributed by atoms with Crippen LogP contribution < -0.4 is 9.13 Å². The first-order chi connectivity index (χ1) is 18.2. The predicted octanol–water partition coefficient (Wildman–Crippen LogP) is 4.71. The van der Waals surface area contributed by atoms with Gasteiger partial charge < -0.3 is 14.8 Å². The zero-order valence-electron chi connectivity index (χ0n) is 21.2. The number of hydrogen-bond acceptors (Lipinski definition) is 2. The van der Waals surface area contributed by atoms with Crippen LogP contribution in [0.15, 0.2) is 85.5 Å². The molecule has 0 aliphatic rings. The molecule has 0 spiro atoms. The summed E-state index contributed by atoms with van der Waals surface area (Å²) in [5.41, 5.74) is 7.07. The molecule has 3 aromatic heterocycles. The van der Waals surface area contributed by atoms with E-state index in [1.54, 1.807) is 0 Å². The van der Waals surface area contributed by atoms with Crippen molar-refractivity contribution >= 4 is 46.1 Å². The van der Waals surface area contributed by atoms with Gasteiger partial charge in [0.15, 0.2) is 37.9 Å². The van der Waals surface area contributed by atoms with E-state index in [0.29, 0.717) is 13.1 Å². The summed E-state index contributed by atoms with van der Waals surface area (Å²) < 4.78 is 6.33. The first-order valence-corrected chi connectivity index (χ1v) is 12.8. The topological polar surface area (TPSA) is 53.2 Å². The van der Waals surface area contributed by atoms with Crippen LogP contribution in [0.1, 0.15) is 29.2 Å². The van der Waals surface area contributed by atoms with E-state index < -0.39 is 0 Å². The van der Waals surface area contributed by atoms with Crippen LogP contribution in [0.4, 0.5) is 0 Å². The van der Waals surface area contributed by atoms with E-state index in [-0.39, 0.29) is 13.2 Å². The molecule has 0 amide bonds. The predicted molar refractivity (Wildman–Crippen MR) is 150 cm³/mol. The second-order valence-electron chi connectivity index (χ2n) is 9.15. The third-order valence-electron chi connectivity index (χ3n) is 6.72. The number of aryl methyl sites for hydroxylation is 1. The molecule has 3 heterocycles. The van der Waals surface area contributed by atoms with Gasteiger partial charge in [-0.3, -0.25) is 0 Å². The van der Waals surface area contributed by atoms with Crippen molar-refractivity contribution in [1.29, 1.82) is 0 Å². The summed E-state index contributed by atoms with van der Waals surface area (Å²) in [6, 6.07) is 21.6. The van der Waals surface area contributed by atoms with E-state index in [9.17, 15) is 0 Å². The van der Waals surface area contributed by atoms with Crippen molar-refractivity contribution in [3.8, 4) is 0 Å². The molecule has 0 atom stereocenters. The molecular formula is C32H33N3O2+2. The summed E-state index contributed by atoms with van der Waals surface area (Å²) in [6.07, 6.45) is 16.5. The Kier molecular flexibility index (Phi) is 7.54. The Morgan fingerprint density at radius 1 is 0.595 bits per heavy atom. The van der Waals surface area contributed by atoms with Crippen molar-refractivity contribution < 1.29 is 19.3 Å². The Hall–Kier alpha value is -4.06. The highest BCUT2D eigenvalue weighted by atomic mass is 16.3. The van der Waals surface area contributed by atoms with Crippen LogP contribution in [-0.4, -0.2) is 28.0 Å². The molecule has 0 bridgehead atoms. The molecular weight excluding hydrogens is 458 g/mol. The zero-order chi connectivity index (χ0) is 25.6. The van der Waals surface area contributed by atoms with E-state index in [1.165, 1.54) is 32.9 Å². The lowest BCUT2D eigenvalue weighted by atomic mass is 10.1. The van der Waals surface area contributed by atoms with E-state index in [2.05, 4.69) is 96.5 Å². The molecule has 0 aliphatic carbocycles. The quantitative estimate of drug-likeness (QED) is 0.293. The highest BCUT2D eigenvalue weighted by Gasteiger charge is 2.10. The SMILES string of the molecule is CCn1c2cc(/C=C/c3cc[n+](CCO)cc3)ccc2c2ccc(/C=C/c3cc[n+](CCO)cc3)cc21. The van der Waals surface area contributed by atoms with Crippen molar-refractivity contribution in [1.82, 2.24) is 4.57 Å². The molecule has 0 aliphatic heterocycles. The van der Waals surface area contributed by atoms with Crippen LogP contribution in [0.3, 0.4) is 0 Å². The number of hydrogen-bond donors (Lipinski definition) is 2. The summed E-state index contributed by atoms with van der Waals surface area (Å²) in [5.74, 6) is 0. The van der Waals surface area contributed by atoms with Gasteiger partial charge in [-0.05, 0) is 41.3 Å². The van der Waals surface area contributed by atoms with Crippen molar-refractivity contribution in [3.63, 3.8) is 0 Å². The second-order valence-corrected chi connectivity index (χ2v) is 9.15. The molecule has 0 radical (unpaired) electrons. The minimum atomic E-state index is 0.141. The standard InChI is InChI=1S/C32H33N3O2/c1-2-35-31-23-27(5-3-25-11-15-33(16-12-25)19-21-36)7-9-29(31)30-10-8-28(24-32(30)35)6-4-26-13-17-34(18-14-26)20-22-37/h3-18,23-24,36-37H,2,19-22H2,1H3/q+2. The van der Waals surface area contributed by atoms with Gasteiger partial charge in [-0.2, -0.15) is 0 Å². The van der Waals surface area contributed by atoms with Crippen LogP contribution in [0.2, 0.25) is 0 Å². The zero-order valence-corrected chi connectivity index (χ0v) is 21.2. The van der Waals surface area contributed by atoms with Gasteiger partial charge in [-0.25, -0.2) is 9.13 Å². The molecule has 2 N–H and O–H groups in total. The minimum Gasteiger partial charge on any atom is -0.390 e. The maximum Gasteiger partial charge on any atom is 0.171 e. The lowest BCUT2D eigenvalue weighted by Crippen LogP contribution is -2.34. The van der Waals surface area contributed by atoms with Crippen molar-refractivity contribution in [3.05, 3.63) is 108 Å². The number of aliphatic hydroxyl groups excluding tert-OH is 2. The fraction of sp³-hybridized carbons (Fsp3) is 0.188. The largest absolute Gasteiger partial charge is 0.390 e. The van der Waals surface area contributed by atoms with E-state index in [0.717, 1.165) is 17.7 Å². The molecule has 0 fully saturated rings. The normalized spacial score (nSPS) is 12.0. The van der Waals surface area contributed by atoms with Crippen molar-refractivity contribution in [2.75, 3.05) is 13.2 Å². The second kappa shape index (κ2) is 11.3. The molecule has 5 nitrogen and oxygen atoms in total. The van der Waals surface area contributed by atoms with Gasteiger partial charge in [0.05, 0.1) is 0 Å². The van der Waals surface area contributed by atoms with Crippen LogP contribution >= 0.6 is 0 Å². The molecule has 0 saturated heterocycles. The maximum absolute atomic E-state index is 9.09. The smallest absolute Gasteiger partial charge is 0.171 e. The third kappa shape index (κ3) is 5.53. The van der Waals surface area contributed by atoms with Crippen LogP contribution in [-0.2, 0) is 19.6 Å². The first-order valence-electron chi connectivity index (χ1n) is 12.8. The molecule has 0 saturated carbocycles. The fourth-order valence-electron chi connectivity index (χ4n) is 4.75. The number of benzene rings is 2. The molecule has 5 rings (SSSR count). The van der Waals surface area contributed by atoms with Crippen molar-refractivity contribution in [2.45, 2.75) is 26.6 Å². The Morgan fingerprint density at radius 2 is 1.00 bits per heavy atom. The van der Waals surface area contributed by atoms with Gasteiger partial charge in [-0.15, -0.1) is 0 Å². The number of fused-ring (bicyclic) bond motifs is 3. The average Bonchev–Trinajstić information content (AvgIpc) is 3.24. The van der Waals surface area contributed by atoms with E-state index >= 15 is 0 Å². The number of pyridine rings is 2. The molecule has 0 unspecified atom stereocenters. The maximum atomic E-state index is 9.09. The van der Waals surface area contributed by atoms with Crippen molar-refractivity contribution in [2.24, 2.45) is 0 Å². The minimum absolute atomic E-state index is 0.141. The summed E-state index contributed by atoms with van der Waals surface area (Å²) in [7, 11) is 0. The van der Waals surface area contributed by atoms with Gasteiger partial charge in [-0.1, -0.05) is 48.6 Å². The summed E-state index contributed by atoms with van der Waals surface area (Å²) >= 11 is 0. The monoisotopic (exact) mass is 491 g/mol. The Labute approximate surface area is 217 Å². The molecule has 5 heteroatoms. The van der Waals surface area contributed by atoms with Gasteiger partial charge in [0.25, 0.3) is 0 Å². The molecule has 5 aromatic rings. The summed E-state index contributed by atoms with van der Waals surface area (Å²) in [4.78, 5) is 0. The van der Waals surface area contributed by atoms with Gasteiger partial charge in [0.1, 0.15) is 13.2 Å². The lowest BCUT2D eigenvalue weighted by molar-refractivity contribution is -0.698. The number of aromatic nitrogens is 3. The number of aliphatic hydroxyl groups is 2. The van der Waals surface area contributed by atoms with Crippen LogP contribution in [0.25, 0.3) is 46.1 Å². The van der Waals surface area contributed by atoms with Crippen LogP contribution in [0.5, 0.6) is 0 Å². The van der Waals surface area contributed by atoms with Gasteiger partial charge in [0.2, 0.25) is 0 Å². The van der Waals surface area contributed by atoms with Crippen LogP contribution in [0, 0.1) is 0 Å². The Bertz CT molecular complexity index is 1450. The van der Waals surface area contributed by atoms with Gasteiger partial charge in [0, 0.05) is 52.6 Å². The molecule has 37 heavy (non-hydrogen) atoms. The summed E-state index contributed by atoms with van der Waals surface area (Å²) in [6.45, 7) is 4.59. The Balaban J connectivity index is 1.42. The highest BCUT2D eigenvalue weighted by molar-refractivity contribution is 6.09. The lowest BCUT2D eigenvalue weighted by Gasteiger charge is -2.04. The summed E-state index contributed by atoms with van der Waals surface area (Å²) in [5, 5.41) is 20.7. The molecule has 186 valence electrons. The van der Waals surface area contributed by atoms with Gasteiger partial charge >= 0.3 is 0 Å². The Morgan fingerprint density at radius 3 is 1.38 bits per heavy atom. The number of nitrogens with zero attached hydrogens (tertiary/aromatic N) is 3. The highest BCUT2D eigenvalue weighted by Crippen LogP contribution is 2.31. The fourth-order valence-corrected chi connectivity index (χ4v) is 4.75.